The second kappa shape index (κ2) is 6.22. The predicted molar refractivity (Wildman–Crippen MR) is 83.7 cm³/mol. The lowest BCUT2D eigenvalue weighted by Crippen LogP contribution is -2.24. The van der Waals surface area contributed by atoms with E-state index in [1.54, 1.807) is 10.9 Å². The first kappa shape index (κ1) is 14.0. The Labute approximate surface area is 128 Å². The highest BCUT2D eigenvalue weighted by Crippen LogP contribution is 2.10. The Kier molecular flexibility index (Phi) is 3.96. The van der Waals surface area contributed by atoms with Gasteiger partial charge in [0.2, 0.25) is 0 Å². The Bertz CT molecular complexity index is 780. The fourth-order valence-electron chi connectivity index (χ4n) is 2.26. The van der Waals surface area contributed by atoms with Crippen LogP contribution in [0.4, 0.5) is 0 Å². The molecule has 5 nitrogen and oxygen atoms in total. The number of aryl methyl sites for hydroxylation is 1. The van der Waals surface area contributed by atoms with Crippen LogP contribution in [0.25, 0.3) is 5.69 Å². The lowest BCUT2D eigenvalue weighted by molar-refractivity contribution is 0.0949. The Morgan fingerprint density at radius 2 is 1.82 bits per heavy atom. The van der Waals surface area contributed by atoms with Crippen molar-refractivity contribution in [3.63, 3.8) is 0 Å². The predicted octanol–water partition coefficient (Wildman–Crippen LogP) is 2.51. The molecule has 0 bridgehead atoms. The summed E-state index contributed by atoms with van der Waals surface area (Å²) in [5.41, 5.74) is 3.38. The molecule has 1 aromatic heterocycles. The van der Waals surface area contributed by atoms with E-state index in [1.165, 1.54) is 0 Å². The van der Waals surface area contributed by atoms with Crippen LogP contribution in [0, 0.1) is 6.92 Å². The molecule has 5 heteroatoms. The Morgan fingerprint density at radius 3 is 2.59 bits per heavy atom. The van der Waals surface area contributed by atoms with E-state index in [1.807, 2.05) is 61.5 Å². The van der Waals surface area contributed by atoms with Crippen LogP contribution in [-0.2, 0) is 6.54 Å². The molecule has 3 aromatic rings. The zero-order chi connectivity index (χ0) is 15.4. The minimum absolute atomic E-state index is 0.0982. The monoisotopic (exact) mass is 292 g/mol. The van der Waals surface area contributed by atoms with Gasteiger partial charge in [-0.1, -0.05) is 41.6 Å². The molecule has 2 aromatic carbocycles. The van der Waals surface area contributed by atoms with Gasteiger partial charge >= 0.3 is 0 Å². The molecule has 1 amide bonds. The fourth-order valence-corrected chi connectivity index (χ4v) is 2.26. The van der Waals surface area contributed by atoms with Gasteiger partial charge in [0, 0.05) is 5.56 Å². The first-order valence-electron chi connectivity index (χ1n) is 7.04. The molecule has 110 valence electrons. The van der Waals surface area contributed by atoms with Gasteiger partial charge in [-0.15, -0.1) is 5.10 Å². The number of nitrogens with one attached hydrogen (secondary N) is 1. The standard InChI is InChI=1S/C17H16N4O/c1-13-7-5-6-10-16(13)17(22)18-11-15-12-19-20-21(15)14-8-3-2-4-9-14/h2-10,12H,11H2,1H3,(H,18,22). The summed E-state index contributed by atoms with van der Waals surface area (Å²) in [5, 5.41) is 10.9. The number of aromatic nitrogens is 3. The Hall–Kier alpha value is -2.95. The maximum atomic E-state index is 12.2. The lowest BCUT2D eigenvalue weighted by atomic mass is 10.1. The molecule has 1 heterocycles. The summed E-state index contributed by atoms with van der Waals surface area (Å²) in [6.07, 6.45) is 1.66. The second-order valence-corrected chi connectivity index (χ2v) is 4.97. The summed E-state index contributed by atoms with van der Waals surface area (Å²) in [4.78, 5) is 12.2. The van der Waals surface area contributed by atoms with Crippen LogP contribution in [0.5, 0.6) is 0 Å². The van der Waals surface area contributed by atoms with E-state index in [2.05, 4.69) is 15.6 Å². The third-order valence-electron chi connectivity index (χ3n) is 3.44. The van der Waals surface area contributed by atoms with Crippen LogP contribution >= 0.6 is 0 Å². The van der Waals surface area contributed by atoms with Gasteiger partial charge in [-0.3, -0.25) is 4.79 Å². The minimum Gasteiger partial charge on any atom is -0.346 e. The van der Waals surface area contributed by atoms with Crippen LogP contribution < -0.4 is 5.32 Å². The number of para-hydroxylation sites is 1. The molecule has 0 fully saturated rings. The smallest absolute Gasteiger partial charge is 0.251 e. The summed E-state index contributed by atoms with van der Waals surface area (Å²) in [6.45, 7) is 2.29. The molecule has 0 aliphatic heterocycles. The van der Waals surface area contributed by atoms with Crippen molar-refractivity contribution in [2.24, 2.45) is 0 Å². The SMILES string of the molecule is Cc1ccccc1C(=O)NCc1cnnn1-c1ccccc1. The number of benzene rings is 2. The van der Waals surface area contributed by atoms with Crippen molar-refractivity contribution < 1.29 is 4.79 Å². The molecule has 22 heavy (non-hydrogen) atoms. The van der Waals surface area contributed by atoms with Gasteiger partial charge in [0.1, 0.15) is 0 Å². The van der Waals surface area contributed by atoms with Crippen molar-refractivity contribution in [3.05, 3.63) is 77.6 Å². The molecule has 0 spiro atoms. The lowest BCUT2D eigenvalue weighted by Gasteiger charge is -2.09. The average Bonchev–Trinajstić information content (AvgIpc) is 3.02. The summed E-state index contributed by atoms with van der Waals surface area (Å²) in [5.74, 6) is -0.0982. The molecule has 0 saturated heterocycles. The topological polar surface area (TPSA) is 59.8 Å². The van der Waals surface area contributed by atoms with Gasteiger partial charge in [-0.05, 0) is 30.7 Å². The molecule has 0 unspecified atom stereocenters. The Balaban J connectivity index is 1.75. The molecule has 1 N–H and O–H groups in total. The number of carbonyl (C=O) groups excluding carboxylic acids is 1. The van der Waals surface area contributed by atoms with E-state index in [0.717, 1.165) is 16.9 Å². The van der Waals surface area contributed by atoms with Gasteiger partial charge < -0.3 is 5.32 Å². The molecule has 0 aliphatic carbocycles. The van der Waals surface area contributed by atoms with E-state index in [0.29, 0.717) is 12.1 Å². The quantitative estimate of drug-likeness (QED) is 0.803. The van der Waals surface area contributed by atoms with Crippen LogP contribution in [0.3, 0.4) is 0 Å². The second-order valence-electron chi connectivity index (χ2n) is 4.97. The number of carbonyl (C=O) groups is 1. The van der Waals surface area contributed by atoms with Crippen molar-refractivity contribution in [2.75, 3.05) is 0 Å². The number of nitrogens with zero attached hydrogens (tertiary/aromatic N) is 3. The molecule has 0 aliphatic rings. The third-order valence-corrected chi connectivity index (χ3v) is 3.44. The number of amides is 1. The van der Waals surface area contributed by atoms with Crippen molar-refractivity contribution in [1.82, 2.24) is 20.3 Å². The maximum absolute atomic E-state index is 12.2. The van der Waals surface area contributed by atoms with Crippen LogP contribution in [-0.4, -0.2) is 20.9 Å². The first-order chi connectivity index (χ1) is 10.8. The van der Waals surface area contributed by atoms with Crippen LogP contribution in [0.2, 0.25) is 0 Å². The average molecular weight is 292 g/mol. The Morgan fingerprint density at radius 1 is 1.09 bits per heavy atom. The van der Waals surface area contributed by atoms with Gasteiger partial charge in [-0.25, -0.2) is 4.68 Å². The van der Waals surface area contributed by atoms with Crippen molar-refractivity contribution in [1.29, 1.82) is 0 Å². The summed E-state index contributed by atoms with van der Waals surface area (Å²) in [6, 6.07) is 17.2. The normalized spacial score (nSPS) is 10.4. The fraction of sp³-hybridized carbons (Fsp3) is 0.118. The largest absolute Gasteiger partial charge is 0.346 e. The number of hydrogen-bond donors (Lipinski definition) is 1. The number of rotatable bonds is 4. The zero-order valence-corrected chi connectivity index (χ0v) is 12.2. The van der Waals surface area contributed by atoms with E-state index in [9.17, 15) is 4.79 Å². The van der Waals surface area contributed by atoms with E-state index < -0.39 is 0 Å². The third kappa shape index (κ3) is 2.88. The minimum atomic E-state index is -0.0982. The van der Waals surface area contributed by atoms with Gasteiger partial charge in [-0.2, -0.15) is 0 Å². The highest BCUT2D eigenvalue weighted by Gasteiger charge is 2.10. The van der Waals surface area contributed by atoms with E-state index in [4.69, 9.17) is 0 Å². The molecule has 0 saturated carbocycles. The summed E-state index contributed by atoms with van der Waals surface area (Å²) < 4.78 is 1.72. The van der Waals surface area contributed by atoms with Gasteiger partial charge in [0.15, 0.2) is 0 Å². The van der Waals surface area contributed by atoms with Crippen molar-refractivity contribution in [2.45, 2.75) is 13.5 Å². The van der Waals surface area contributed by atoms with Crippen molar-refractivity contribution >= 4 is 5.91 Å². The van der Waals surface area contributed by atoms with Crippen LogP contribution in [0.1, 0.15) is 21.6 Å². The van der Waals surface area contributed by atoms with Crippen LogP contribution in [0.15, 0.2) is 60.8 Å². The molecule has 0 atom stereocenters. The molecule has 3 rings (SSSR count). The molecular formula is C17H16N4O. The summed E-state index contributed by atoms with van der Waals surface area (Å²) >= 11 is 0. The first-order valence-corrected chi connectivity index (χ1v) is 7.04. The zero-order valence-electron chi connectivity index (χ0n) is 12.2. The highest BCUT2D eigenvalue weighted by atomic mass is 16.1. The number of hydrogen-bond acceptors (Lipinski definition) is 3. The maximum Gasteiger partial charge on any atom is 0.251 e. The van der Waals surface area contributed by atoms with E-state index >= 15 is 0 Å². The summed E-state index contributed by atoms with van der Waals surface area (Å²) in [7, 11) is 0. The van der Waals surface area contributed by atoms with Gasteiger partial charge in [0.05, 0.1) is 24.1 Å². The molecular weight excluding hydrogens is 276 g/mol. The molecule has 0 radical (unpaired) electrons. The van der Waals surface area contributed by atoms with Gasteiger partial charge in [0.25, 0.3) is 5.91 Å². The highest BCUT2D eigenvalue weighted by molar-refractivity contribution is 5.95. The van der Waals surface area contributed by atoms with E-state index in [-0.39, 0.29) is 5.91 Å². The van der Waals surface area contributed by atoms with Crippen molar-refractivity contribution in [3.8, 4) is 5.69 Å².